The lowest BCUT2D eigenvalue weighted by atomic mass is 10.4. The summed E-state index contributed by atoms with van der Waals surface area (Å²) in [5.74, 6) is 0. The molecule has 0 aromatic rings. The molecule has 0 bridgehead atoms. The Kier molecular flexibility index (Phi) is 1.17. The van der Waals surface area contributed by atoms with Crippen molar-refractivity contribution in [1.82, 2.24) is 0 Å². The summed E-state index contributed by atoms with van der Waals surface area (Å²) in [5, 5.41) is 1.76. The highest BCUT2D eigenvalue weighted by molar-refractivity contribution is 8.16. The van der Waals surface area contributed by atoms with Crippen LogP contribution in [0.1, 0.15) is 0 Å². The summed E-state index contributed by atoms with van der Waals surface area (Å²) < 4.78 is 0. The number of carbonyl (C=O) groups is 1. The molecule has 0 fully saturated rings. The minimum Gasteiger partial charge on any atom is -0.318 e. The van der Waals surface area contributed by atoms with Gasteiger partial charge in [-0.05, 0) is 5.41 Å². The molecule has 7 heavy (non-hydrogen) atoms. The van der Waals surface area contributed by atoms with Gasteiger partial charge in [0.05, 0.1) is 6.04 Å². The Morgan fingerprint density at radius 1 is 1.86 bits per heavy atom. The van der Waals surface area contributed by atoms with Crippen molar-refractivity contribution in [3.8, 4) is 0 Å². The van der Waals surface area contributed by atoms with Crippen LogP contribution in [0.3, 0.4) is 0 Å². The van der Waals surface area contributed by atoms with E-state index in [9.17, 15) is 4.79 Å². The van der Waals surface area contributed by atoms with E-state index in [0.29, 0.717) is 0 Å². The summed E-state index contributed by atoms with van der Waals surface area (Å²) in [7, 11) is 0. The van der Waals surface area contributed by atoms with Crippen LogP contribution in [0.25, 0.3) is 0 Å². The lowest BCUT2D eigenvalue weighted by Gasteiger charge is -1.89. The molecule has 0 aromatic carbocycles. The van der Waals surface area contributed by atoms with E-state index < -0.39 is 0 Å². The molecule has 2 nitrogen and oxygen atoms in total. The van der Waals surface area contributed by atoms with Gasteiger partial charge in [0.25, 0.3) is 0 Å². The number of thioether (sulfide) groups is 1. The Morgan fingerprint density at radius 2 is 2.57 bits per heavy atom. The van der Waals surface area contributed by atoms with Gasteiger partial charge in [0.15, 0.2) is 0 Å². The van der Waals surface area contributed by atoms with Crippen molar-refractivity contribution in [2.24, 2.45) is 5.73 Å². The van der Waals surface area contributed by atoms with Crippen molar-refractivity contribution in [3.05, 3.63) is 11.5 Å². The van der Waals surface area contributed by atoms with Crippen molar-refractivity contribution < 1.29 is 4.79 Å². The summed E-state index contributed by atoms with van der Waals surface area (Å²) >= 11 is 1.16. The van der Waals surface area contributed by atoms with Gasteiger partial charge < -0.3 is 5.73 Å². The second-order valence-electron chi connectivity index (χ2n) is 1.29. The molecule has 0 radical (unpaired) electrons. The highest BCUT2D eigenvalue weighted by atomic mass is 32.2. The van der Waals surface area contributed by atoms with E-state index in [2.05, 4.69) is 0 Å². The molecule has 38 valence electrons. The standard InChI is InChI=1S/C4H5NOS/c5-3-1-2-7-4(3)6/h1-3H,5H2. The van der Waals surface area contributed by atoms with Crippen LogP contribution in [0.2, 0.25) is 0 Å². The van der Waals surface area contributed by atoms with Crippen molar-refractivity contribution >= 4 is 16.9 Å². The third-order valence-electron chi connectivity index (χ3n) is 0.742. The van der Waals surface area contributed by atoms with Crippen molar-refractivity contribution in [3.63, 3.8) is 0 Å². The second-order valence-corrected chi connectivity index (χ2v) is 2.20. The summed E-state index contributed by atoms with van der Waals surface area (Å²) in [6.07, 6.45) is 1.69. The zero-order valence-corrected chi connectivity index (χ0v) is 4.44. The molecule has 1 atom stereocenters. The van der Waals surface area contributed by atoms with Crippen LogP contribution in [0.4, 0.5) is 0 Å². The van der Waals surface area contributed by atoms with E-state index in [4.69, 9.17) is 5.73 Å². The van der Waals surface area contributed by atoms with Gasteiger partial charge in [0.1, 0.15) is 0 Å². The van der Waals surface area contributed by atoms with Crippen LogP contribution in [0.5, 0.6) is 0 Å². The fourth-order valence-electron chi connectivity index (χ4n) is 0.348. The number of hydrogen-bond donors (Lipinski definition) is 1. The first kappa shape index (κ1) is 4.87. The summed E-state index contributed by atoms with van der Waals surface area (Å²) in [6, 6.07) is -0.343. The highest BCUT2D eigenvalue weighted by Gasteiger charge is 2.13. The van der Waals surface area contributed by atoms with Crippen LogP contribution in [-0.4, -0.2) is 11.2 Å². The van der Waals surface area contributed by atoms with E-state index in [1.807, 2.05) is 0 Å². The second kappa shape index (κ2) is 1.68. The third kappa shape index (κ3) is 0.838. The van der Waals surface area contributed by atoms with Crippen LogP contribution in [0, 0.1) is 0 Å². The molecule has 1 heterocycles. The van der Waals surface area contributed by atoms with Gasteiger partial charge in [-0.3, -0.25) is 4.79 Å². The Morgan fingerprint density at radius 3 is 2.71 bits per heavy atom. The maximum atomic E-state index is 10.3. The van der Waals surface area contributed by atoms with E-state index in [0.717, 1.165) is 11.8 Å². The third-order valence-corrected chi connectivity index (χ3v) is 1.54. The Bertz CT molecular complexity index is 121. The maximum absolute atomic E-state index is 10.3. The minimum absolute atomic E-state index is 0.0417. The summed E-state index contributed by atoms with van der Waals surface area (Å²) in [4.78, 5) is 10.3. The maximum Gasteiger partial charge on any atom is 0.213 e. The zero-order valence-electron chi connectivity index (χ0n) is 3.63. The lowest BCUT2D eigenvalue weighted by molar-refractivity contribution is -0.111. The first-order valence-corrected chi connectivity index (χ1v) is 2.81. The molecule has 2 N–H and O–H groups in total. The predicted octanol–water partition coefficient (Wildman–Crippen LogP) is 0.101. The van der Waals surface area contributed by atoms with Crippen molar-refractivity contribution in [2.45, 2.75) is 6.04 Å². The summed E-state index contributed by atoms with van der Waals surface area (Å²) in [6.45, 7) is 0. The molecule has 0 aliphatic carbocycles. The number of nitrogens with two attached hydrogens (primary N) is 1. The molecule has 1 aliphatic heterocycles. The van der Waals surface area contributed by atoms with Gasteiger partial charge >= 0.3 is 0 Å². The van der Waals surface area contributed by atoms with Gasteiger partial charge in [-0.1, -0.05) is 17.8 Å². The quantitative estimate of drug-likeness (QED) is 0.487. The van der Waals surface area contributed by atoms with E-state index in [1.54, 1.807) is 11.5 Å². The lowest BCUT2D eigenvalue weighted by Crippen LogP contribution is -2.21. The van der Waals surface area contributed by atoms with Gasteiger partial charge in [-0.25, -0.2) is 0 Å². The average Bonchev–Trinajstić information content (AvgIpc) is 1.91. The van der Waals surface area contributed by atoms with Gasteiger partial charge in [0, 0.05) is 0 Å². The zero-order chi connectivity index (χ0) is 5.28. The minimum atomic E-state index is -0.343. The van der Waals surface area contributed by atoms with Crippen LogP contribution >= 0.6 is 11.8 Å². The average molecular weight is 115 g/mol. The van der Waals surface area contributed by atoms with Gasteiger partial charge in [-0.2, -0.15) is 0 Å². The fourth-order valence-corrected chi connectivity index (χ4v) is 0.966. The molecule has 0 amide bonds. The molecule has 0 saturated heterocycles. The number of hydrogen-bond acceptors (Lipinski definition) is 3. The first-order chi connectivity index (χ1) is 3.30. The van der Waals surface area contributed by atoms with Crippen LogP contribution in [-0.2, 0) is 4.79 Å². The molecule has 1 aliphatic rings. The van der Waals surface area contributed by atoms with E-state index in [1.165, 1.54) is 0 Å². The fraction of sp³-hybridized carbons (Fsp3) is 0.250. The number of rotatable bonds is 0. The van der Waals surface area contributed by atoms with Crippen molar-refractivity contribution in [1.29, 1.82) is 0 Å². The van der Waals surface area contributed by atoms with Crippen LogP contribution < -0.4 is 5.73 Å². The largest absolute Gasteiger partial charge is 0.318 e. The van der Waals surface area contributed by atoms with Gasteiger partial charge in [-0.15, -0.1) is 0 Å². The molecule has 1 unspecified atom stereocenters. The van der Waals surface area contributed by atoms with Crippen LogP contribution in [0.15, 0.2) is 11.5 Å². The smallest absolute Gasteiger partial charge is 0.213 e. The van der Waals surface area contributed by atoms with Crippen molar-refractivity contribution in [2.75, 3.05) is 0 Å². The summed E-state index contributed by atoms with van der Waals surface area (Å²) in [5.41, 5.74) is 5.22. The highest BCUT2D eigenvalue weighted by Crippen LogP contribution is 2.13. The number of carbonyl (C=O) groups excluding carboxylic acids is 1. The molecular weight excluding hydrogens is 110 g/mol. The molecule has 3 heteroatoms. The Labute approximate surface area is 45.8 Å². The first-order valence-electron chi connectivity index (χ1n) is 1.93. The molecule has 0 spiro atoms. The van der Waals surface area contributed by atoms with Gasteiger partial charge in [0.2, 0.25) is 5.12 Å². The molecule has 1 rings (SSSR count). The van der Waals surface area contributed by atoms with E-state index >= 15 is 0 Å². The SMILES string of the molecule is NC1C=CSC1=O. The Hall–Kier alpha value is -0.280. The predicted molar refractivity (Wildman–Crippen MR) is 29.7 cm³/mol. The topological polar surface area (TPSA) is 43.1 Å². The molecule has 0 saturated carbocycles. The Balaban J connectivity index is 2.62. The molecular formula is C4H5NOS. The van der Waals surface area contributed by atoms with E-state index in [-0.39, 0.29) is 11.2 Å². The normalized spacial score (nSPS) is 29.3. The molecule has 0 aromatic heterocycles. The monoisotopic (exact) mass is 115 g/mol.